The summed E-state index contributed by atoms with van der Waals surface area (Å²) in [5.41, 5.74) is 1.57. The Morgan fingerprint density at radius 1 is 1.33 bits per heavy atom. The van der Waals surface area contributed by atoms with Gasteiger partial charge < -0.3 is 20.7 Å². The van der Waals surface area contributed by atoms with Gasteiger partial charge in [-0.3, -0.25) is 4.79 Å². The maximum atomic E-state index is 13.1. The molecule has 4 N–H and O–H groups in total. The van der Waals surface area contributed by atoms with Crippen LogP contribution in [0.15, 0.2) is 48.8 Å². The van der Waals surface area contributed by atoms with Crippen molar-refractivity contribution in [3.63, 3.8) is 0 Å². The van der Waals surface area contributed by atoms with Crippen LogP contribution < -0.4 is 10.6 Å². The Morgan fingerprint density at radius 3 is 2.67 bits per heavy atom. The standard InChI is InChI=1S/C21H21BClFN4O2/c1-21(2,22)28-19-8-15(16(23)10-26-19)13-7-17(25-9-13)20(30)27-18(11-29)12-3-5-14(24)6-4-12/h3-10,18,25,29H,11H2,1-2H3,(H,26,28)(H,27,30). The van der Waals surface area contributed by atoms with E-state index in [9.17, 15) is 14.3 Å². The lowest BCUT2D eigenvalue weighted by Gasteiger charge is -2.22. The number of aliphatic hydroxyl groups excluding tert-OH is 1. The molecule has 2 aromatic heterocycles. The minimum Gasteiger partial charge on any atom is -0.394 e. The van der Waals surface area contributed by atoms with Crippen LogP contribution in [0.3, 0.4) is 0 Å². The van der Waals surface area contributed by atoms with Crippen molar-refractivity contribution in [3.05, 3.63) is 70.9 Å². The van der Waals surface area contributed by atoms with Crippen LogP contribution in [0.1, 0.15) is 35.9 Å². The number of aliphatic hydroxyl groups is 1. The number of aromatic amines is 1. The Hall–Kier alpha value is -2.84. The smallest absolute Gasteiger partial charge is 0.268 e. The molecule has 2 radical (unpaired) electrons. The summed E-state index contributed by atoms with van der Waals surface area (Å²) < 4.78 is 13.1. The third kappa shape index (κ3) is 5.40. The molecular weight excluding hydrogens is 406 g/mol. The Balaban J connectivity index is 1.79. The van der Waals surface area contributed by atoms with Crippen LogP contribution in [0.25, 0.3) is 11.1 Å². The van der Waals surface area contributed by atoms with Crippen molar-refractivity contribution < 1.29 is 14.3 Å². The number of pyridine rings is 1. The van der Waals surface area contributed by atoms with E-state index in [0.29, 0.717) is 27.5 Å². The van der Waals surface area contributed by atoms with E-state index in [1.165, 1.54) is 30.5 Å². The zero-order valence-corrected chi connectivity index (χ0v) is 17.3. The van der Waals surface area contributed by atoms with Crippen LogP contribution in [0.4, 0.5) is 10.2 Å². The maximum absolute atomic E-state index is 13.1. The minimum atomic E-state index is -0.669. The monoisotopic (exact) mass is 426 g/mol. The molecule has 0 aliphatic heterocycles. The van der Waals surface area contributed by atoms with Crippen molar-refractivity contribution in [2.75, 3.05) is 11.9 Å². The van der Waals surface area contributed by atoms with Crippen LogP contribution in [-0.4, -0.2) is 40.9 Å². The lowest BCUT2D eigenvalue weighted by molar-refractivity contribution is 0.0912. The molecule has 3 rings (SSSR count). The molecule has 9 heteroatoms. The summed E-state index contributed by atoms with van der Waals surface area (Å²) in [4.78, 5) is 19.8. The van der Waals surface area contributed by atoms with E-state index in [0.717, 1.165) is 0 Å². The van der Waals surface area contributed by atoms with Crippen molar-refractivity contribution in [2.45, 2.75) is 25.3 Å². The number of hydrogen-bond donors (Lipinski definition) is 4. The van der Waals surface area contributed by atoms with E-state index in [1.807, 2.05) is 0 Å². The van der Waals surface area contributed by atoms with Gasteiger partial charge >= 0.3 is 0 Å². The van der Waals surface area contributed by atoms with Gasteiger partial charge in [-0.1, -0.05) is 37.6 Å². The fourth-order valence-corrected chi connectivity index (χ4v) is 3.12. The van der Waals surface area contributed by atoms with Crippen LogP contribution in [-0.2, 0) is 0 Å². The summed E-state index contributed by atoms with van der Waals surface area (Å²) in [6, 6.07) is 8.30. The highest BCUT2D eigenvalue weighted by Crippen LogP contribution is 2.30. The van der Waals surface area contributed by atoms with Crippen molar-refractivity contribution >= 4 is 31.2 Å². The topological polar surface area (TPSA) is 90.0 Å². The minimum absolute atomic E-state index is 0.284. The Morgan fingerprint density at radius 2 is 2.03 bits per heavy atom. The second-order valence-corrected chi connectivity index (χ2v) is 7.87. The molecule has 154 valence electrons. The molecule has 1 atom stereocenters. The molecular formula is C21H21BClFN4O2. The summed E-state index contributed by atoms with van der Waals surface area (Å²) in [6.07, 6.45) is 3.16. The van der Waals surface area contributed by atoms with Gasteiger partial charge in [0.1, 0.15) is 25.2 Å². The average molecular weight is 427 g/mol. The second kappa shape index (κ2) is 8.89. The number of amides is 1. The van der Waals surface area contributed by atoms with Gasteiger partial charge in [-0.2, -0.15) is 0 Å². The summed E-state index contributed by atoms with van der Waals surface area (Å²) >= 11 is 6.29. The van der Waals surface area contributed by atoms with Gasteiger partial charge in [0.05, 0.1) is 17.7 Å². The number of carbonyl (C=O) groups is 1. The van der Waals surface area contributed by atoms with Gasteiger partial charge in [0.2, 0.25) is 0 Å². The number of nitrogens with one attached hydrogen (secondary N) is 3. The second-order valence-electron chi connectivity index (χ2n) is 7.46. The van der Waals surface area contributed by atoms with Crippen LogP contribution >= 0.6 is 11.6 Å². The number of hydrogen-bond acceptors (Lipinski definition) is 4. The molecule has 0 aliphatic rings. The maximum Gasteiger partial charge on any atom is 0.268 e. The van der Waals surface area contributed by atoms with E-state index >= 15 is 0 Å². The zero-order chi connectivity index (χ0) is 21.9. The van der Waals surface area contributed by atoms with Gasteiger partial charge in [-0.15, -0.1) is 0 Å². The van der Waals surface area contributed by atoms with Crippen molar-refractivity contribution in [2.24, 2.45) is 0 Å². The molecule has 30 heavy (non-hydrogen) atoms. The molecule has 2 heterocycles. The quantitative estimate of drug-likeness (QED) is 0.434. The molecule has 0 aliphatic carbocycles. The van der Waals surface area contributed by atoms with Gasteiger partial charge in [-0.05, 0) is 35.3 Å². The lowest BCUT2D eigenvalue weighted by Crippen LogP contribution is -2.31. The highest BCUT2D eigenvalue weighted by Gasteiger charge is 2.18. The first-order valence-corrected chi connectivity index (χ1v) is 9.62. The number of anilines is 1. The number of rotatable bonds is 7. The number of benzene rings is 1. The summed E-state index contributed by atoms with van der Waals surface area (Å²) in [5, 5.41) is 15.8. The Bertz CT molecular complexity index is 1030. The molecule has 3 aromatic rings. The first-order valence-electron chi connectivity index (χ1n) is 9.25. The third-order valence-electron chi connectivity index (χ3n) is 4.30. The highest BCUT2D eigenvalue weighted by molar-refractivity contribution is 6.33. The molecule has 0 spiro atoms. The van der Waals surface area contributed by atoms with Crippen molar-refractivity contribution in [1.29, 1.82) is 0 Å². The summed E-state index contributed by atoms with van der Waals surface area (Å²) in [7, 11) is 5.97. The highest BCUT2D eigenvalue weighted by atomic mass is 35.5. The fraction of sp³-hybridized carbons (Fsp3) is 0.238. The van der Waals surface area contributed by atoms with Gasteiger partial charge in [-0.25, -0.2) is 9.37 Å². The van der Waals surface area contributed by atoms with E-state index in [2.05, 4.69) is 20.6 Å². The van der Waals surface area contributed by atoms with Crippen LogP contribution in [0, 0.1) is 5.82 Å². The van der Waals surface area contributed by atoms with E-state index in [1.54, 1.807) is 32.2 Å². The largest absolute Gasteiger partial charge is 0.394 e. The number of halogens is 2. The third-order valence-corrected chi connectivity index (χ3v) is 4.61. The van der Waals surface area contributed by atoms with E-state index in [4.69, 9.17) is 19.4 Å². The SMILES string of the molecule is [B]C(C)(C)Nc1cc(-c2c[nH]c(C(=O)NC(CO)c3ccc(F)cc3)c2)c(Cl)cn1. The molecule has 1 aromatic carbocycles. The van der Waals surface area contributed by atoms with E-state index in [-0.39, 0.29) is 12.3 Å². The molecule has 0 saturated heterocycles. The van der Waals surface area contributed by atoms with Crippen molar-refractivity contribution in [3.8, 4) is 11.1 Å². The van der Waals surface area contributed by atoms with Crippen LogP contribution in [0.5, 0.6) is 0 Å². The summed E-state index contributed by atoms with van der Waals surface area (Å²) in [5.74, 6) is -0.265. The number of aromatic nitrogens is 2. The molecule has 0 fully saturated rings. The first kappa shape index (κ1) is 21.9. The molecule has 1 unspecified atom stereocenters. The number of nitrogens with zero attached hydrogens (tertiary/aromatic N) is 1. The normalized spacial score (nSPS) is 12.4. The number of H-pyrrole nitrogens is 1. The first-order chi connectivity index (χ1) is 14.2. The zero-order valence-electron chi connectivity index (χ0n) is 16.5. The van der Waals surface area contributed by atoms with Gasteiger partial charge in [0.25, 0.3) is 5.91 Å². The lowest BCUT2D eigenvalue weighted by atomic mass is 9.82. The average Bonchev–Trinajstić information content (AvgIpc) is 3.17. The molecule has 1 amide bonds. The van der Waals surface area contributed by atoms with Crippen LogP contribution in [0.2, 0.25) is 5.02 Å². The Labute approximate surface area is 180 Å². The Kier molecular flexibility index (Phi) is 6.48. The fourth-order valence-electron chi connectivity index (χ4n) is 2.90. The van der Waals surface area contributed by atoms with Crippen molar-refractivity contribution in [1.82, 2.24) is 15.3 Å². The predicted octanol–water partition coefficient (Wildman–Crippen LogP) is 3.65. The van der Waals surface area contributed by atoms with Gasteiger partial charge in [0, 0.05) is 23.5 Å². The molecule has 6 nitrogen and oxygen atoms in total. The predicted molar refractivity (Wildman–Crippen MR) is 116 cm³/mol. The molecule has 0 bridgehead atoms. The van der Waals surface area contributed by atoms with Gasteiger partial charge in [0.15, 0.2) is 0 Å². The van der Waals surface area contributed by atoms with E-state index < -0.39 is 23.2 Å². The molecule has 0 saturated carbocycles. The summed E-state index contributed by atoms with van der Waals surface area (Å²) in [6.45, 7) is 3.28. The number of carbonyl (C=O) groups excluding carboxylic acids is 1.